The SMILES string of the molecule is O=C(c1ccccc1O)c1[nH]ncc1/C=C/c1ccccc1. The average Bonchev–Trinajstić information content (AvgIpc) is 3.02. The Balaban J connectivity index is 1.91. The van der Waals surface area contributed by atoms with Crippen LogP contribution in [0.5, 0.6) is 5.75 Å². The van der Waals surface area contributed by atoms with Crippen LogP contribution in [0.3, 0.4) is 0 Å². The summed E-state index contributed by atoms with van der Waals surface area (Å²) in [6, 6.07) is 16.3. The number of carbonyl (C=O) groups is 1. The van der Waals surface area contributed by atoms with Crippen molar-refractivity contribution in [1.29, 1.82) is 0 Å². The highest BCUT2D eigenvalue weighted by Gasteiger charge is 2.17. The second-order valence-corrected chi connectivity index (χ2v) is 4.79. The van der Waals surface area contributed by atoms with Crippen molar-refractivity contribution in [2.45, 2.75) is 0 Å². The van der Waals surface area contributed by atoms with E-state index in [0.717, 1.165) is 5.56 Å². The van der Waals surface area contributed by atoms with Gasteiger partial charge in [-0.1, -0.05) is 54.6 Å². The molecule has 0 spiro atoms. The van der Waals surface area contributed by atoms with Crippen molar-refractivity contribution in [2.24, 2.45) is 0 Å². The third kappa shape index (κ3) is 2.81. The molecule has 0 fully saturated rings. The van der Waals surface area contributed by atoms with Crippen molar-refractivity contribution in [2.75, 3.05) is 0 Å². The molecule has 0 aliphatic carbocycles. The van der Waals surface area contributed by atoms with Gasteiger partial charge in [0.25, 0.3) is 0 Å². The summed E-state index contributed by atoms with van der Waals surface area (Å²) in [5.41, 5.74) is 2.32. The van der Waals surface area contributed by atoms with Crippen molar-refractivity contribution in [3.63, 3.8) is 0 Å². The molecule has 0 saturated carbocycles. The van der Waals surface area contributed by atoms with E-state index < -0.39 is 0 Å². The first-order chi connectivity index (χ1) is 10.8. The summed E-state index contributed by atoms with van der Waals surface area (Å²) in [5.74, 6) is -0.330. The molecule has 4 nitrogen and oxygen atoms in total. The molecule has 108 valence electrons. The summed E-state index contributed by atoms with van der Waals surface area (Å²) < 4.78 is 0. The van der Waals surface area contributed by atoms with E-state index in [4.69, 9.17) is 0 Å². The molecule has 0 amide bonds. The zero-order valence-corrected chi connectivity index (χ0v) is 11.7. The Morgan fingerprint density at radius 1 is 1.00 bits per heavy atom. The molecular weight excluding hydrogens is 276 g/mol. The molecule has 1 aromatic heterocycles. The number of benzene rings is 2. The maximum atomic E-state index is 12.5. The largest absolute Gasteiger partial charge is 0.507 e. The highest BCUT2D eigenvalue weighted by molar-refractivity contribution is 6.11. The second kappa shape index (κ2) is 6.10. The van der Waals surface area contributed by atoms with E-state index in [1.807, 2.05) is 42.5 Å². The van der Waals surface area contributed by atoms with Gasteiger partial charge in [0, 0.05) is 5.56 Å². The molecule has 0 atom stereocenters. The van der Waals surface area contributed by atoms with E-state index in [9.17, 15) is 9.90 Å². The van der Waals surface area contributed by atoms with Crippen molar-refractivity contribution in [3.05, 3.63) is 83.2 Å². The van der Waals surface area contributed by atoms with Gasteiger partial charge in [0.1, 0.15) is 11.4 Å². The van der Waals surface area contributed by atoms with Gasteiger partial charge in [-0.3, -0.25) is 9.89 Å². The van der Waals surface area contributed by atoms with Gasteiger partial charge in [0.2, 0.25) is 5.78 Å². The Bertz CT molecular complexity index is 820. The van der Waals surface area contributed by atoms with E-state index >= 15 is 0 Å². The van der Waals surface area contributed by atoms with Gasteiger partial charge >= 0.3 is 0 Å². The lowest BCUT2D eigenvalue weighted by Crippen LogP contribution is -2.04. The number of ketones is 1. The fourth-order valence-electron chi connectivity index (χ4n) is 2.15. The van der Waals surface area contributed by atoms with Crippen molar-refractivity contribution < 1.29 is 9.90 Å². The summed E-state index contributed by atoms with van der Waals surface area (Å²) in [6.45, 7) is 0. The minimum atomic E-state index is -0.289. The fraction of sp³-hybridized carbons (Fsp3) is 0. The number of para-hydroxylation sites is 1. The van der Waals surface area contributed by atoms with Crippen LogP contribution in [0, 0.1) is 0 Å². The lowest BCUT2D eigenvalue weighted by molar-refractivity contribution is 0.103. The number of phenolic OH excluding ortho intramolecular Hbond substituents is 1. The van der Waals surface area contributed by atoms with E-state index in [2.05, 4.69) is 10.2 Å². The van der Waals surface area contributed by atoms with Gasteiger partial charge in [0.15, 0.2) is 0 Å². The van der Waals surface area contributed by atoms with Gasteiger partial charge in [-0.05, 0) is 17.7 Å². The topological polar surface area (TPSA) is 66.0 Å². The molecule has 0 saturated heterocycles. The number of nitrogens with zero attached hydrogens (tertiary/aromatic N) is 1. The van der Waals surface area contributed by atoms with Gasteiger partial charge in [-0.2, -0.15) is 5.10 Å². The number of H-pyrrole nitrogens is 1. The lowest BCUT2D eigenvalue weighted by atomic mass is 10.0. The standard InChI is InChI=1S/C18H14N2O2/c21-16-9-5-4-8-15(16)18(22)17-14(12-19-20-17)11-10-13-6-2-1-3-7-13/h1-12,21H,(H,19,20)/b11-10+. The number of hydrogen-bond donors (Lipinski definition) is 2. The van der Waals surface area contributed by atoms with E-state index in [1.165, 1.54) is 6.07 Å². The predicted octanol–water partition coefficient (Wildman–Crippen LogP) is 3.52. The molecule has 0 aliphatic rings. The van der Waals surface area contributed by atoms with Crippen LogP contribution in [-0.2, 0) is 0 Å². The van der Waals surface area contributed by atoms with Crippen LogP contribution in [-0.4, -0.2) is 21.1 Å². The minimum absolute atomic E-state index is 0.0416. The van der Waals surface area contributed by atoms with Crippen LogP contribution in [0.25, 0.3) is 12.2 Å². The summed E-state index contributed by atoms with van der Waals surface area (Å²) in [6.07, 6.45) is 5.32. The molecule has 0 unspecified atom stereocenters. The van der Waals surface area contributed by atoms with Crippen molar-refractivity contribution in [3.8, 4) is 5.75 Å². The smallest absolute Gasteiger partial charge is 0.215 e. The molecule has 1 heterocycles. The quantitative estimate of drug-likeness (QED) is 0.722. The average molecular weight is 290 g/mol. The molecule has 0 bridgehead atoms. The first kappa shape index (κ1) is 13.8. The van der Waals surface area contributed by atoms with Crippen LogP contribution in [0.2, 0.25) is 0 Å². The molecule has 3 rings (SSSR count). The van der Waals surface area contributed by atoms with Gasteiger partial charge in [0.05, 0.1) is 11.8 Å². The first-order valence-corrected chi connectivity index (χ1v) is 6.85. The Kier molecular flexibility index (Phi) is 3.83. The van der Waals surface area contributed by atoms with Crippen LogP contribution >= 0.6 is 0 Å². The van der Waals surface area contributed by atoms with Crippen LogP contribution in [0.1, 0.15) is 27.2 Å². The zero-order chi connectivity index (χ0) is 15.4. The maximum absolute atomic E-state index is 12.5. The van der Waals surface area contributed by atoms with Crippen LogP contribution < -0.4 is 0 Å². The number of hydrogen-bond acceptors (Lipinski definition) is 3. The number of aromatic hydroxyl groups is 1. The van der Waals surface area contributed by atoms with E-state index in [0.29, 0.717) is 11.3 Å². The third-order valence-electron chi connectivity index (χ3n) is 3.30. The monoisotopic (exact) mass is 290 g/mol. The molecule has 2 N–H and O–H groups in total. The summed E-state index contributed by atoms with van der Waals surface area (Å²) >= 11 is 0. The summed E-state index contributed by atoms with van der Waals surface area (Å²) in [4.78, 5) is 12.5. The summed E-state index contributed by atoms with van der Waals surface area (Å²) in [7, 11) is 0. The maximum Gasteiger partial charge on any atom is 0.215 e. The molecular formula is C18H14N2O2. The predicted molar refractivity (Wildman–Crippen MR) is 85.5 cm³/mol. The normalized spacial score (nSPS) is 10.9. The molecule has 3 aromatic rings. The Labute approximate surface area is 127 Å². The number of phenols is 1. The zero-order valence-electron chi connectivity index (χ0n) is 11.7. The van der Waals surface area contributed by atoms with Gasteiger partial charge in [-0.15, -0.1) is 0 Å². The van der Waals surface area contributed by atoms with Crippen LogP contribution in [0.4, 0.5) is 0 Å². The fourth-order valence-corrected chi connectivity index (χ4v) is 2.15. The lowest BCUT2D eigenvalue weighted by Gasteiger charge is -2.02. The van der Waals surface area contributed by atoms with E-state index in [1.54, 1.807) is 24.4 Å². The third-order valence-corrected chi connectivity index (χ3v) is 3.30. The summed E-state index contributed by atoms with van der Waals surface area (Å²) in [5, 5.41) is 16.4. The highest BCUT2D eigenvalue weighted by atomic mass is 16.3. The first-order valence-electron chi connectivity index (χ1n) is 6.85. The highest BCUT2D eigenvalue weighted by Crippen LogP contribution is 2.21. The van der Waals surface area contributed by atoms with Crippen molar-refractivity contribution >= 4 is 17.9 Å². The molecule has 2 aromatic carbocycles. The number of rotatable bonds is 4. The second-order valence-electron chi connectivity index (χ2n) is 4.79. The van der Waals surface area contributed by atoms with Crippen LogP contribution in [0.15, 0.2) is 60.8 Å². The molecule has 4 heteroatoms. The van der Waals surface area contributed by atoms with E-state index in [-0.39, 0.29) is 17.1 Å². The Hall–Kier alpha value is -3.14. The van der Waals surface area contributed by atoms with Gasteiger partial charge < -0.3 is 5.11 Å². The van der Waals surface area contributed by atoms with Gasteiger partial charge in [-0.25, -0.2) is 0 Å². The molecule has 22 heavy (non-hydrogen) atoms. The number of nitrogens with one attached hydrogen (secondary N) is 1. The molecule has 0 aliphatic heterocycles. The number of aromatic nitrogens is 2. The Morgan fingerprint density at radius 3 is 2.50 bits per heavy atom. The Morgan fingerprint density at radius 2 is 1.73 bits per heavy atom. The molecule has 0 radical (unpaired) electrons. The number of aromatic amines is 1. The number of carbonyl (C=O) groups excluding carboxylic acids is 1. The van der Waals surface area contributed by atoms with Crippen molar-refractivity contribution in [1.82, 2.24) is 10.2 Å². The minimum Gasteiger partial charge on any atom is -0.507 e.